The first-order valence-corrected chi connectivity index (χ1v) is 9.29. The van der Waals surface area contributed by atoms with Gasteiger partial charge in [0.2, 0.25) is 0 Å². The molecule has 1 heterocycles. The first-order valence-electron chi connectivity index (χ1n) is 7.71. The van der Waals surface area contributed by atoms with Gasteiger partial charge in [0.15, 0.2) is 0 Å². The number of carboxylic acids is 1. The lowest BCUT2D eigenvalue weighted by Gasteiger charge is -2.05. The topological polar surface area (TPSA) is 50.2 Å². The van der Waals surface area contributed by atoms with Crippen LogP contribution in [0, 0.1) is 0 Å². The van der Waals surface area contributed by atoms with Crippen molar-refractivity contribution in [2.75, 3.05) is 0 Å². The molecule has 0 bridgehead atoms. The summed E-state index contributed by atoms with van der Waals surface area (Å²) in [6.45, 7) is 0. The molecule has 6 heteroatoms. The Kier molecular flexibility index (Phi) is 4.41. The van der Waals surface area contributed by atoms with E-state index in [4.69, 9.17) is 23.2 Å². The van der Waals surface area contributed by atoms with Crippen LogP contribution in [-0.4, -0.2) is 16.1 Å². The maximum Gasteiger partial charge on any atom is 0.336 e. The van der Waals surface area contributed by atoms with Crippen molar-refractivity contribution < 1.29 is 9.90 Å². The van der Waals surface area contributed by atoms with Crippen molar-refractivity contribution in [3.8, 4) is 21.7 Å². The van der Waals surface area contributed by atoms with Crippen LogP contribution in [-0.2, 0) is 0 Å². The minimum absolute atomic E-state index is 0.0849. The lowest BCUT2D eigenvalue weighted by atomic mass is 10.1. The van der Waals surface area contributed by atoms with Crippen LogP contribution in [0.4, 0.5) is 0 Å². The van der Waals surface area contributed by atoms with Crippen LogP contribution in [0.2, 0.25) is 10.0 Å². The average Bonchev–Trinajstić information content (AvgIpc) is 3.07. The number of hydrogen-bond donors (Lipinski definition) is 1. The van der Waals surface area contributed by atoms with Gasteiger partial charge in [-0.1, -0.05) is 59.6 Å². The van der Waals surface area contributed by atoms with Crippen molar-refractivity contribution in [1.82, 2.24) is 4.98 Å². The lowest BCUT2D eigenvalue weighted by Crippen LogP contribution is -1.99. The predicted molar refractivity (Wildman–Crippen MR) is 107 cm³/mol. The molecule has 1 aromatic heterocycles. The van der Waals surface area contributed by atoms with Crippen molar-refractivity contribution in [2.45, 2.75) is 0 Å². The summed E-state index contributed by atoms with van der Waals surface area (Å²) in [5.74, 6) is -1.07. The van der Waals surface area contributed by atoms with Crippen LogP contribution in [0.5, 0.6) is 0 Å². The van der Waals surface area contributed by atoms with E-state index in [9.17, 15) is 9.90 Å². The SMILES string of the molecule is O=C(O)c1cc(Cl)c(Cl)cc1-c1nc2ccc(-c3ccccc3)cc2s1. The third-order valence-electron chi connectivity index (χ3n) is 4.02. The van der Waals surface area contributed by atoms with Crippen LogP contribution in [0.15, 0.2) is 60.7 Å². The molecule has 0 fully saturated rings. The standard InChI is InChI=1S/C20H11Cl2NO2S/c21-15-9-13(14(20(24)25)10-16(15)22)19-23-17-7-6-12(8-18(17)26-19)11-4-2-1-3-5-11/h1-10H,(H,24,25). The van der Waals surface area contributed by atoms with E-state index in [0.717, 1.165) is 21.3 Å². The molecule has 0 aliphatic heterocycles. The first kappa shape index (κ1) is 17.0. The van der Waals surface area contributed by atoms with Crippen molar-refractivity contribution in [3.63, 3.8) is 0 Å². The Hall–Kier alpha value is -2.40. The Morgan fingerprint density at radius 2 is 1.65 bits per heavy atom. The van der Waals surface area contributed by atoms with E-state index in [1.807, 2.05) is 42.5 Å². The van der Waals surface area contributed by atoms with Gasteiger partial charge in [-0.3, -0.25) is 0 Å². The van der Waals surface area contributed by atoms with E-state index in [0.29, 0.717) is 15.6 Å². The smallest absolute Gasteiger partial charge is 0.336 e. The number of carbonyl (C=O) groups is 1. The highest BCUT2D eigenvalue weighted by atomic mass is 35.5. The fourth-order valence-corrected chi connectivity index (χ4v) is 4.11. The summed E-state index contributed by atoms with van der Waals surface area (Å²) < 4.78 is 0.976. The summed E-state index contributed by atoms with van der Waals surface area (Å²) in [6, 6.07) is 19.0. The van der Waals surface area contributed by atoms with Gasteiger partial charge in [0, 0.05) is 5.56 Å². The zero-order valence-corrected chi connectivity index (χ0v) is 15.6. The number of halogens is 2. The summed E-state index contributed by atoms with van der Waals surface area (Å²) in [7, 11) is 0. The quantitative estimate of drug-likeness (QED) is 0.420. The summed E-state index contributed by atoms with van der Waals surface area (Å²) in [4.78, 5) is 16.2. The minimum atomic E-state index is -1.07. The Morgan fingerprint density at radius 3 is 2.38 bits per heavy atom. The van der Waals surface area contributed by atoms with E-state index in [1.165, 1.54) is 17.4 Å². The van der Waals surface area contributed by atoms with Gasteiger partial charge in [-0.15, -0.1) is 11.3 Å². The second-order valence-electron chi connectivity index (χ2n) is 5.68. The van der Waals surface area contributed by atoms with Crippen molar-refractivity contribution in [3.05, 3.63) is 76.3 Å². The number of thiazole rings is 1. The molecule has 0 saturated carbocycles. The number of aromatic nitrogens is 1. The Balaban J connectivity index is 1.86. The fourth-order valence-electron chi connectivity index (χ4n) is 2.75. The van der Waals surface area contributed by atoms with Crippen LogP contribution < -0.4 is 0 Å². The molecule has 0 unspecified atom stereocenters. The van der Waals surface area contributed by atoms with Gasteiger partial charge in [-0.05, 0) is 35.4 Å². The molecular formula is C20H11Cl2NO2S. The van der Waals surface area contributed by atoms with Gasteiger partial charge >= 0.3 is 5.97 Å². The molecule has 0 atom stereocenters. The van der Waals surface area contributed by atoms with E-state index in [-0.39, 0.29) is 10.6 Å². The molecule has 4 aromatic rings. The van der Waals surface area contributed by atoms with Crippen LogP contribution in [0.25, 0.3) is 31.9 Å². The number of carboxylic acid groups (broad SMARTS) is 1. The number of fused-ring (bicyclic) bond motifs is 1. The van der Waals surface area contributed by atoms with Gasteiger partial charge in [0.25, 0.3) is 0 Å². The summed E-state index contributed by atoms with van der Waals surface area (Å²) in [5, 5.41) is 10.6. The third-order valence-corrected chi connectivity index (χ3v) is 5.79. The predicted octanol–water partition coefficient (Wildman–Crippen LogP) is 6.64. The van der Waals surface area contributed by atoms with Crippen LogP contribution >= 0.6 is 34.5 Å². The number of rotatable bonds is 3. The number of hydrogen-bond acceptors (Lipinski definition) is 3. The second kappa shape index (κ2) is 6.72. The van der Waals surface area contributed by atoms with E-state index in [2.05, 4.69) is 11.1 Å². The molecule has 0 radical (unpaired) electrons. The van der Waals surface area contributed by atoms with E-state index in [1.54, 1.807) is 6.07 Å². The maximum absolute atomic E-state index is 11.6. The number of nitrogens with zero attached hydrogens (tertiary/aromatic N) is 1. The van der Waals surface area contributed by atoms with Gasteiger partial charge in [0.1, 0.15) is 5.01 Å². The van der Waals surface area contributed by atoms with E-state index >= 15 is 0 Å². The Morgan fingerprint density at radius 1 is 0.923 bits per heavy atom. The van der Waals surface area contributed by atoms with Crippen molar-refractivity contribution >= 4 is 50.7 Å². The third kappa shape index (κ3) is 3.07. The zero-order valence-electron chi connectivity index (χ0n) is 13.2. The summed E-state index contributed by atoms with van der Waals surface area (Å²) >= 11 is 13.5. The largest absolute Gasteiger partial charge is 0.478 e. The highest BCUT2D eigenvalue weighted by Gasteiger charge is 2.18. The molecule has 1 N–H and O–H groups in total. The molecule has 0 aliphatic carbocycles. The highest BCUT2D eigenvalue weighted by molar-refractivity contribution is 7.21. The number of benzene rings is 3. The van der Waals surface area contributed by atoms with E-state index < -0.39 is 5.97 Å². The number of aromatic carboxylic acids is 1. The van der Waals surface area contributed by atoms with Gasteiger partial charge in [-0.25, -0.2) is 9.78 Å². The molecule has 0 saturated heterocycles. The molecule has 26 heavy (non-hydrogen) atoms. The summed E-state index contributed by atoms with van der Waals surface area (Å²) in [6.07, 6.45) is 0. The van der Waals surface area contributed by atoms with Crippen LogP contribution in [0.3, 0.4) is 0 Å². The molecule has 0 amide bonds. The molecule has 0 aliphatic rings. The second-order valence-corrected chi connectivity index (χ2v) is 7.53. The first-order chi connectivity index (χ1) is 12.5. The molecule has 0 spiro atoms. The van der Waals surface area contributed by atoms with Gasteiger partial charge in [-0.2, -0.15) is 0 Å². The average molecular weight is 400 g/mol. The minimum Gasteiger partial charge on any atom is -0.478 e. The molecule has 128 valence electrons. The fraction of sp³-hybridized carbons (Fsp3) is 0. The Bertz CT molecular complexity index is 1140. The van der Waals surface area contributed by atoms with Gasteiger partial charge < -0.3 is 5.11 Å². The molecule has 3 nitrogen and oxygen atoms in total. The monoisotopic (exact) mass is 399 g/mol. The van der Waals surface area contributed by atoms with Gasteiger partial charge in [0.05, 0.1) is 25.8 Å². The Labute approximate surface area is 163 Å². The zero-order chi connectivity index (χ0) is 18.3. The molecule has 4 rings (SSSR count). The van der Waals surface area contributed by atoms with Crippen molar-refractivity contribution in [2.24, 2.45) is 0 Å². The van der Waals surface area contributed by atoms with Crippen LogP contribution in [0.1, 0.15) is 10.4 Å². The normalized spacial score (nSPS) is 11.0. The maximum atomic E-state index is 11.6. The van der Waals surface area contributed by atoms with Crippen molar-refractivity contribution in [1.29, 1.82) is 0 Å². The summed E-state index contributed by atoms with van der Waals surface area (Å²) in [5.41, 5.74) is 3.56. The lowest BCUT2D eigenvalue weighted by molar-refractivity contribution is 0.0697. The molecule has 3 aromatic carbocycles. The molecular weight excluding hydrogens is 389 g/mol. The highest BCUT2D eigenvalue weighted by Crippen LogP contribution is 2.37.